The molecule has 1 aliphatic heterocycles. The Kier molecular flexibility index (Phi) is 9.81. The zero-order chi connectivity index (χ0) is 29.5. The Morgan fingerprint density at radius 3 is 2.29 bits per heavy atom. The van der Waals surface area contributed by atoms with Crippen molar-refractivity contribution in [2.75, 3.05) is 31.8 Å². The van der Waals surface area contributed by atoms with Gasteiger partial charge in [-0.25, -0.2) is 5.43 Å². The minimum atomic E-state index is -3.37. The summed E-state index contributed by atoms with van der Waals surface area (Å²) in [5, 5.41) is 4.75. The molecule has 0 aliphatic carbocycles. The summed E-state index contributed by atoms with van der Waals surface area (Å²) in [7, 11) is -1.71. The van der Waals surface area contributed by atoms with Gasteiger partial charge < -0.3 is 18.7 Å². The molecule has 1 aliphatic rings. The first-order valence-corrected chi connectivity index (χ1v) is 15.4. The molecule has 1 heterocycles. The minimum absolute atomic E-state index is 0.272. The molecule has 0 saturated heterocycles. The van der Waals surface area contributed by atoms with Gasteiger partial charge in [0.2, 0.25) is 0 Å². The molecular weight excluding hydrogens is 537 g/mol. The van der Waals surface area contributed by atoms with Crippen molar-refractivity contribution in [3.63, 3.8) is 0 Å². The van der Waals surface area contributed by atoms with Crippen molar-refractivity contribution < 1.29 is 23.1 Å². The molecule has 1 unspecified atom stereocenters. The van der Waals surface area contributed by atoms with Crippen LogP contribution in [0.25, 0.3) is 0 Å². The summed E-state index contributed by atoms with van der Waals surface area (Å²) >= 11 is 0. The SMILES string of the molecule is CCOP(=O)(OCC)c1ccc(CC2(C)/C(=C/C=N/NC(=O)c3ccccc3)N(CC)c3ccc(OC)cc32)cc1. The predicted octanol–water partition coefficient (Wildman–Crippen LogP) is 6.23. The van der Waals surface area contributed by atoms with Crippen LogP contribution in [0.15, 0.2) is 89.7 Å². The lowest BCUT2D eigenvalue weighted by molar-refractivity contribution is 0.0955. The molecule has 0 radical (unpaired) electrons. The van der Waals surface area contributed by atoms with Crippen molar-refractivity contribution in [1.29, 1.82) is 0 Å². The fourth-order valence-electron chi connectivity index (χ4n) is 5.27. The number of hydrogen-bond acceptors (Lipinski definition) is 7. The van der Waals surface area contributed by atoms with Gasteiger partial charge >= 0.3 is 7.60 Å². The van der Waals surface area contributed by atoms with E-state index in [1.807, 2.05) is 54.6 Å². The van der Waals surface area contributed by atoms with Gasteiger partial charge in [0, 0.05) is 35.1 Å². The van der Waals surface area contributed by atoms with Crippen LogP contribution in [0.5, 0.6) is 5.75 Å². The standard InChI is InChI=1S/C32H38N3O5P/c1-6-35-29-19-16-26(38-5)22-28(29)32(4,30(35)20-21-33-34-31(36)25-12-10-9-11-13-25)23-24-14-17-27(18-15-24)41(37,39-7-2)40-8-3/h9-22H,6-8,23H2,1-5H3,(H,34,36)/b30-20-,33-21+. The number of nitrogens with one attached hydrogen (secondary N) is 1. The first-order chi connectivity index (χ1) is 19.8. The molecule has 216 valence electrons. The van der Waals surface area contributed by atoms with Gasteiger partial charge in [0.05, 0.1) is 25.6 Å². The molecule has 0 fully saturated rings. The molecule has 0 aromatic heterocycles. The Balaban J connectivity index is 1.68. The molecule has 4 rings (SSSR count). The van der Waals surface area contributed by atoms with Crippen molar-refractivity contribution >= 4 is 30.7 Å². The highest BCUT2D eigenvalue weighted by Gasteiger charge is 2.43. The van der Waals surface area contributed by atoms with Crippen LogP contribution in [0.2, 0.25) is 0 Å². The molecular formula is C32H38N3O5P. The number of ether oxygens (including phenoxy) is 1. The number of methoxy groups -OCH3 is 1. The third-order valence-electron chi connectivity index (χ3n) is 7.18. The van der Waals surface area contributed by atoms with E-state index in [4.69, 9.17) is 13.8 Å². The van der Waals surface area contributed by atoms with E-state index < -0.39 is 13.0 Å². The van der Waals surface area contributed by atoms with Crippen LogP contribution >= 0.6 is 7.60 Å². The molecule has 0 saturated carbocycles. The normalized spacial score (nSPS) is 17.7. The summed E-state index contributed by atoms with van der Waals surface area (Å²) in [4.78, 5) is 14.7. The molecule has 1 atom stereocenters. The third kappa shape index (κ3) is 6.46. The number of rotatable bonds is 12. The first kappa shape index (κ1) is 30.3. The number of fused-ring (bicyclic) bond motifs is 1. The highest BCUT2D eigenvalue weighted by Crippen LogP contribution is 2.51. The summed E-state index contributed by atoms with van der Waals surface area (Å²) in [6, 6.07) is 22.7. The maximum atomic E-state index is 13.3. The van der Waals surface area contributed by atoms with Crippen molar-refractivity contribution in [3.8, 4) is 5.75 Å². The van der Waals surface area contributed by atoms with E-state index >= 15 is 0 Å². The highest BCUT2D eigenvalue weighted by molar-refractivity contribution is 7.62. The van der Waals surface area contributed by atoms with Crippen LogP contribution in [0.3, 0.4) is 0 Å². The average molecular weight is 576 g/mol. The van der Waals surface area contributed by atoms with Crippen LogP contribution in [0.1, 0.15) is 49.2 Å². The summed E-state index contributed by atoms with van der Waals surface area (Å²) in [6.07, 6.45) is 4.24. The predicted molar refractivity (Wildman–Crippen MR) is 164 cm³/mol. The lowest BCUT2D eigenvalue weighted by atomic mass is 9.76. The molecule has 1 amide bonds. The van der Waals surface area contributed by atoms with Crippen molar-refractivity contribution in [3.05, 3.63) is 101 Å². The Bertz CT molecular complexity index is 1450. The van der Waals surface area contributed by atoms with Crippen LogP contribution in [-0.4, -0.2) is 39.0 Å². The van der Waals surface area contributed by atoms with Crippen LogP contribution in [-0.2, 0) is 25.4 Å². The maximum Gasteiger partial charge on any atom is 0.361 e. The third-order valence-corrected chi connectivity index (χ3v) is 9.31. The van der Waals surface area contributed by atoms with Gasteiger partial charge in [0.25, 0.3) is 5.91 Å². The lowest BCUT2D eigenvalue weighted by Crippen LogP contribution is -2.31. The number of nitrogens with zero attached hydrogens (tertiary/aromatic N) is 2. The monoisotopic (exact) mass is 575 g/mol. The fourth-order valence-corrected chi connectivity index (χ4v) is 6.84. The Labute approximate surface area is 242 Å². The molecule has 3 aromatic rings. The van der Waals surface area contributed by atoms with E-state index in [9.17, 15) is 9.36 Å². The average Bonchev–Trinajstić information content (AvgIpc) is 3.22. The van der Waals surface area contributed by atoms with Gasteiger partial charge in [0.15, 0.2) is 0 Å². The molecule has 1 N–H and O–H groups in total. The second-order valence-electron chi connectivity index (χ2n) is 9.77. The molecule has 0 bridgehead atoms. The van der Waals surface area contributed by atoms with Crippen LogP contribution in [0.4, 0.5) is 5.69 Å². The summed E-state index contributed by atoms with van der Waals surface area (Å²) in [5.74, 6) is 0.507. The Morgan fingerprint density at radius 1 is 1.00 bits per heavy atom. The molecule has 9 heteroatoms. The van der Waals surface area contributed by atoms with Gasteiger partial charge in [-0.2, -0.15) is 5.10 Å². The summed E-state index contributed by atoms with van der Waals surface area (Å²) in [5.41, 5.74) is 7.03. The fraction of sp³-hybridized carbons (Fsp3) is 0.312. The first-order valence-electron chi connectivity index (χ1n) is 13.8. The van der Waals surface area contributed by atoms with Crippen molar-refractivity contribution in [2.24, 2.45) is 5.10 Å². The molecule has 3 aromatic carbocycles. The zero-order valence-corrected chi connectivity index (χ0v) is 25.2. The van der Waals surface area contributed by atoms with Gasteiger partial charge in [0.1, 0.15) is 5.75 Å². The van der Waals surface area contributed by atoms with Gasteiger partial charge in [-0.1, -0.05) is 30.3 Å². The van der Waals surface area contributed by atoms with Gasteiger partial charge in [-0.3, -0.25) is 9.36 Å². The number of likely N-dealkylation sites (N-methyl/N-ethyl adjacent to an activating group) is 1. The quantitative estimate of drug-likeness (QED) is 0.157. The second-order valence-corrected chi connectivity index (χ2v) is 11.8. The second kappa shape index (κ2) is 13.3. The van der Waals surface area contributed by atoms with Crippen LogP contribution in [0, 0.1) is 0 Å². The summed E-state index contributed by atoms with van der Waals surface area (Å²) < 4.78 is 29.9. The number of benzene rings is 3. The van der Waals surface area contributed by atoms with Crippen LogP contribution < -0.4 is 20.4 Å². The number of hydrazone groups is 1. The largest absolute Gasteiger partial charge is 0.497 e. The van der Waals surface area contributed by atoms with Gasteiger partial charge in [-0.05, 0) is 93.8 Å². The smallest absolute Gasteiger partial charge is 0.361 e. The van der Waals surface area contributed by atoms with E-state index in [0.29, 0.717) is 30.5 Å². The van der Waals surface area contributed by atoms with Gasteiger partial charge in [-0.15, -0.1) is 0 Å². The number of hydrogen-bond donors (Lipinski definition) is 1. The molecule has 0 spiro atoms. The van der Waals surface area contributed by atoms with E-state index in [1.165, 1.54) is 0 Å². The van der Waals surface area contributed by atoms with E-state index in [-0.39, 0.29) is 5.91 Å². The van der Waals surface area contributed by atoms with E-state index in [0.717, 1.165) is 34.8 Å². The lowest BCUT2D eigenvalue weighted by Gasteiger charge is -2.30. The van der Waals surface area contributed by atoms with E-state index in [1.54, 1.807) is 39.3 Å². The topological polar surface area (TPSA) is 89.5 Å². The number of carbonyl (C=O) groups is 1. The molecule has 8 nitrogen and oxygen atoms in total. The number of amides is 1. The minimum Gasteiger partial charge on any atom is -0.497 e. The number of anilines is 1. The van der Waals surface area contributed by atoms with Crippen molar-refractivity contribution in [1.82, 2.24) is 5.43 Å². The number of allylic oxidation sites excluding steroid dienone is 2. The summed E-state index contributed by atoms with van der Waals surface area (Å²) in [6.45, 7) is 9.24. The Hall–Kier alpha value is -3.71. The zero-order valence-electron chi connectivity index (χ0n) is 24.3. The number of carbonyl (C=O) groups excluding carboxylic acids is 1. The maximum absolute atomic E-state index is 13.3. The van der Waals surface area contributed by atoms with Crippen molar-refractivity contribution in [2.45, 2.75) is 39.5 Å². The van der Waals surface area contributed by atoms with E-state index in [2.05, 4.69) is 41.4 Å². The highest BCUT2D eigenvalue weighted by atomic mass is 31.2. The molecule has 41 heavy (non-hydrogen) atoms. The Morgan fingerprint density at radius 2 is 1.68 bits per heavy atom.